The monoisotopic (exact) mass is 310 g/mol. The zero-order valence-corrected chi connectivity index (χ0v) is 12.2. The molecule has 0 saturated carbocycles. The van der Waals surface area contributed by atoms with Gasteiger partial charge in [-0.2, -0.15) is 4.39 Å². The first-order valence-corrected chi connectivity index (χ1v) is 6.27. The van der Waals surface area contributed by atoms with Gasteiger partial charge in [0.05, 0.1) is 19.4 Å². The van der Waals surface area contributed by atoms with E-state index in [0.717, 1.165) is 7.11 Å². The fourth-order valence-electron chi connectivity index (χ4n) is 1.63. The molecule has 118 valence electrons. The number of methoxy groups -OCH3 is 1. The number of benzene rings is 1. The molecule has 1 aromatic rings. The summed E-state index contributed by atoms with van der Waals surface area (Å²) in [4.78, 5) is 11.0. The molecule has 1 rings (SSSR count). The number of ether oxygens (including phenoxy) is 2. The van der Waals surface area contributed by atoms with E-state index in [1.165, 1.54) is 12.1 Å². The molecule has 3 N–H and O–H groups in total. The SMILES string of the molecule is C=C(OCC)C(=N)c1ccc(/C=C(\F)C(=O)OC)c(F)c1N. The van der Waals surface area contributed by atoms with Crippen molar-refractivity contribution >= 4 is 23.4 Å². The highest BCUT2D eigenvalue weighted by Gasteiger charge is 2.17. The van der Waals surface area contributed by atoms with E-state index in [9.17, 15) is 13.6 Å². The minimum Gasteiger partial charge on any atom is -0.492 e. The molecule has 5 nitrogen and oxygen atoms in total. The number of nitrogens with two attached hydrogens (primary N) is 1. The summed E-state index contributed by atoms with van der Waals surface area (Å²) in [5.74, 6) is -3.40. The van der Waals surface area contributed by atoms with Crippen LogP contribution in [0.3, 0.4) is 0 Å². The number of allylic oxidation sites excluding steroid dienone is 1. The van der Waals surface area contributed by atoms with Gasteiger partial charge in [0.15, 0.2) is 5.82 Å². The molecule has 0 spiro atoms. The topological polar surface area (TPSA) is 85.4 Å². The molecule has 1 aromatic carbocycles. The summed E-state index contributed by atoms with van der Waals surface area (Å²) < 4.78 is 36.8. The first-order chi connectivity index (χ1) is 10.3. The van der Waals surface area contributed by atoms with Crippen LogP contribution in [0.25, 0.3) is 6.08 Å². The Morgan fingerprint density at radius 3 is 2.68 bits per heavy atom. The summed E-state index contributed by atoms with van der Waals surface area (Å²) in [7, 11) is 1.00. The van der Waals surface area contributed by atoms with Crippen molar-refractivity contribution in [3.63, 3.8) is 0 Å². The Labute approximate surface area is 126 Å². The summed E-state index contributed by atoms with van der Waals surface area (Å²) in [6, 6.07) is 2.51. The summed E-state index contributed by atoms with van der Waals surface area (Å²) in [6.45, 7) is 5.55. The van der Waals surface area contributed by atoms with Gasteiger partial charge in [0.2, 0.25) is 5.83 Å². The second kappa shape index (κ2) is 7.35. The third kappa shape index (κ3) is 3.69. The maximum Gasteiger partial charge on any atom is 0.366 e. The van der Waals surface area contributed by atoms with Gasteiger partial charge >= 0.3 is 5.97 Å². The van der Waals surface area contributed by atoms with Crippen LogP contribution in [0.4, 0.5) is 14.5 Å². The van der Waals surface area contributed by atoms with Gasteiger partial charge in [-0.25, -0.2) is 9.18 Å². The van der Waals surface area contributed by atoms with Crippen molar-refractivity contribution in [1.29, 1.82) is 5.41 Å². The van der Waals surface area contributed by atoms with Crippen molar-refractivity contribution in [1.82, 2.24) is 0 Å². The molecule has 22 heavy (non-hydrogen) atoms. The zero-order valence-electron chi connectivity index (χ0n) is 12.2. The zero-order chi connectivity index (χ0) is 16.9. The molecule has 0 unspecified atom stereocenters. The molecular weight excluding hydrogens is 294 g/mol. The number of carbonyl (C=O) groups excluding carboxylic acids is 1. The minimum atomic E-state index is -1.26. The highest BCUT2D eigenvalue weighted by molar-refractivity contribution is 6.12. The lowest BCUT2D eigenvalue weighted by Crippen LogP contribution is -2.11. The van der Waals surface area contributed by atoms with Gasteiger partial charge < -0.3 is 15.2 Å². The summed E-state index contributed by atoms with van der Waals surface area (Å²) in [5.41, 5.74) is 4.90. The first-order valence-electron chi connectivity index (χ1n) is 6.27. The Morgan fingerprint density at radius 2 is 2.14 bits per heavy atom. The number of rotatable bonds is 6. The van der Waals surface area contributed by atoms with Crippen LogP contribution in [0.1, 0.15) is 18.1 Å². The van der Waals surface area contributed by atoms with Crippen molar-refractivity contribution in [2.45, 2.75) is 6.92 Å². The van der Waals surface area contributed by atoms with Crippen LogP contribution < -0.4 is 5.73 Å². The number of nitrogen functional groups attached to an aromatic ring is 1. The average molecular weight is 310 g/mol. The standard InChI is InChI=1S/C15H16F2N2O3/c1-4-22-8(2)13(18)10-6-5-9(12(17)14(10)19)7-11(16)15(20)21-3/h5-7,18H,2,4,19H2,1,3H3/b11-7-,18-13?. The maximum absolute atomic E-state index is 14.1. The van der Waals surface area contributed by atoms with Gasteiger partial charge in [-0.05, 0) is 19.1 Å². The number of halogens is 2. The van der Waals surface area contributed by atoms with Crippen LogP contribution in [0.2, 0.25) is 0 Å². The lowest BCUT2D eigenvalue weighted by atomic mass is 10.0. The molecule has 0 saturated heterocycles. The maximum atomic E-state index is 14.1. The van der Waals surface area contributed by atoms with Gasteiger partial charge in [0.1, 0.15) is 11.5 Å². The normalized spacial score (nSPS) is 11.0. The summed E-state index contributed by atoms with van der Waals surface area (Å²) in [5, 5.41) is 7.85. The molecule has 0 radical (unpaired) electrons. The van der Waals surface area contributed by atoms with Gasteiger partial charge in [-0.3, -0.25) is 5.41 Å². The van der Waals surface area contributed by atoms with Crippen LogP contribution in [-0.2, 0) is 14.3 Å². The number of hydrogen-bond donors (Lipinski definition) is 2. The molecule has 0 aliphatic rings. The number of nitrogens with one attached hydrogen (secondary N) is 1. The van der Waals surface area contributed by atoms with Crippen LogP contribution >= 0.6 is 0 Å². The number of anilines is 1. The van der Waals surface area contributed by atoms with E-state index < -0.39 is 17.6 Å². The van der Waals surface area contributed by atoms with Gasteiger partial charge in [0, 0.05) is 11.1 Å². The smallest absolute Gasteiger partial charge is 0.366 e. The quantitative estimate of drug-likeness (QED) is 0.278. The Hall–Kier alpha value is -2.70. The third-order valence-corrected chi connectivity index (χ3v) is 2.74. The number of esters is 1. The van der Waals surface area contributed by atoms with Crippen LogP contribution in [0, 0.1) is 11.2 Å². The van der Waals surface area contributed by atoms with E-state index in [1.807, 2.05) is 0 Å². The van der Waals surface area contributed by atoms with Crippen LogP contribution in [0.15, 0.2) is 30.3 Å². The third-order valence-electron chi connectivity index (χ3n) is 2.74. The van der Waals surface area contributed by atoms with Gasteiger partial charge in [0.25, 0.3) is 0 Å². The fourth-order valence-corrected chi connectivity index (χ4v) is 1.63. The van der Waals surface area contributed by atoms with Crippen LogP contribution in [-0.4, -0.2) is 25.4 Å². The Bertz CT molecular complexity index is 654. The summed E-state index contributed by atoms with van der Waals surface area (Å²) >= 11 is 0. The Morgan fingerprint density at radius 1 is 1.50 bits per heavy atom. The predicted molar refractivity (Wildman–Crippen MR) is 79.5 cm³/mol. The lowest BCUT2D eigenvalue weighted by Gasteiger charge is -2.12. The second-order valence-electron chi connectivity index (χ2n) is 4.15. The Kier molecular flexibility index (Phi) is 5.80. The van der Waals surface area contributed by atoms with E-state index in [4.69, 9.17) is 15.9 Å². The van der Waals surface area contributed by atoms with E-state index in [-0.39, 0.29) is 28.3 Å². The highest BCUT2D eigenvalue weighted by Crippen LogP contribution is 2.24. The largest absolute Gasteiger partial charge is 0.492 e. The molecular formula is C15H16F2N2O3. The van der Waals surface area contributed by atoms with Crippen molar-refractivity contribution in [3.8, 4) is 0 Å². The van der Waals surface area contributed by atoms with E-state index in [1.54, 1.807) is 6.92 Å². The van der Waals surface area contributed by atoms with Crippen molar-refractivity contribution in [2.24, 2.45) is 0 Å². The highest BCUT2D eigenvalue weighted by atomic mass is 19.1. The van der Waals surface area contributed by atoms with Gasteiger partial charge in [-0.15, -0.1) is 0 Å². The number of carbonyl (C=O) groups is 1. The van der Waals surface area contributed by atoms with E-state index in [2.05, 4.69) is 11.3 Å². The molecule has 0 heterocycles. The van der Waals surface area contributed by atoms with Gasteiger partial charge in [-0.1, -0.05) is 12.6 Å². The molecule has 0 atom stereocenters. The molecule has 0 fully saturated rings. The Balaban J connectivity index is 3.21. The minimum absolute atomic E-state index is 0.0395. The predicted octanol–water partition coefficient (Wildman–Crippen LogP) is 2.81. The van der Waals surface area contributed by atoms with E-state index >= 15 is 0 Å². The first kappa shape index (κ1) is 17.4. The van der Waals surface area contributed by atoms with Crippen molar-refractivity contribution in [2.75, 3.05) is 19.5 Å². The second-order valence-corrected chi connectivity index (χ2v) is 4.15. The lowest BCUT2D eigenvalue weighted by molar-refractivity contribution is -0.137. The molecule has 0 bridgehead atoms. The molecule has 0 aromatic heterocycles. The summed E-state index contributed by atoms with van der Waals surface area (Å²) in [6.07, 6.45) is 0.669. The van der Waals surface area contributed by atoms with Crippen LogP contribution in [0.5, 0.6) is 0 Å². The molecule has 7 heteroatoms. The fraction of sp³-hybridized carbons (Fsp3) is 0.200. The molecule has 0 amide bonds. The van der Waals surface area contributed by atoms with Crippen molar-refractivity contribution < 1.29 is 23.0 Å². The number of hydrogen-bond acceptors (Lipinski definition) is 5. The molecule has 0 aliphatic carbocycles. The van der Waals surface area contributed by atoms with Crippen molar-refractivity contribution in [3.05, 3.63) is 47.2 Å². The average Bonchev–Trinajstić information content (AvgIpc) is 2.50. The van der Waals surface area contributed by atoms with E-state index in [0.29, 0.717) is 12.7 Å². The molecule has 0 aliphatic heterocycles.